The maximum absolute atomic E-state index is 10.1. The molecule has 2 aliphatic rings. The van der Waals surface area contributed by atoms with Gasteiger partial charge in [-0.05, 0) is 27.7 Å². The minimum Gasteiger partial charge on any atom is -0.388 e. The van der Waals surface area contributed by atoms with Gasteiger partial charge < -0.3 is 49.6 Å². The third kappa shape index (κ3) is 4.90. The summed E-state index contributed by atoms with van der Waals surface area (Å²) in [6.45, 7) is 6.42. The highest BCUT2D eigenvalue weighted by molar-refractivity contribution is 4.91. The van der Waals surface area contributed by atoms with Gasteiger partial charge in [-0.2, -0.15) is 0 Å². The van der Waals surface area contributed by atoms with Gasteiger partial charge in [0.1, 0.15) is 42.7 Å². The summed E-state index contributed by atoms with van der Waals surface area (Å²) in [5, 5.41) is 59.5. The minimum atomic E-state index is -1.52. The van der Waals surface area contributed by atoms with Gasteiger partial charge in [0.2, 0.25) is 0 Å². The maximum atomic E-state index is 10.1. The molecular weight excluding hydrogens is 352 g/mol. The van der Waals surface area contributed by atoms with Gasteiger partial charge in [-0.3, -0.25) is 0 Å². The van der Waals surface area contributed by atoms with Gasteiger partial charge >= 0.3 is 0 Å². The zero-order valence-electron chi connectivity index (χ0n) is 15.3. The van der Waals surface area contributed by atoms with Crippen molar-refractivity contribution in [2.24, 2.45) is 0 Å². The fourth-order valence-corrected chi connectivity index (χ4v) is 2.84. The smallest absolute Gasteiger partial charge is 0.187 e. The fourth-order valence-electron chi connectivity index (χ4n) is 2.84. The molecule has 2 fully saturated rings. The van der Waals surface area contributed by atoms with E-state index in [0.717, 1.165) is 0 Å². The van der Waals surface area contributed by atoms with Crippen LogP contribution in [0.2, 0.25) is 0 Å². The Hall–Kier alpha value is -0.400. The highest BCUT2D eigenvalue weighted by Crippen LogP contribution is 2.27. The summed E-state index contributed by atoms with van der Waals surface area (Å²) in [5.41, 5.74) is -0.669. The second kappa shape index (κ2) is 8.31. The SMILES string of the molecule is C[C@@H]1O[C@@H](OCC2O[C@@H](OC(C)(C)C)C(O)[C@@H](O)[C@@H]2O)C(O)C(O)[C@H]1O. The lowest BCUT2D eigenvalue weighted by Gasteiger charge is -2.43. The van der Waals surface area contributed by atoms with Crippen LogP contribution in [0.3, 0.4) is 0 Å². The fraction of sp³-hybridized carbons (Fsp3) is 1.00. The van der Waals surface area contributed by atoms with E-state index in [2.05, 4.69) is 0 Å². The number of hydrogen-bond acceptors (Lipinski definition) is 10. The molecule has 0 aromatic rings. The van der Waals surface area contributed by atoms with E-state index in [0.29, 0.717) is 0 Å². The molecule has 10 atom stereocenters. The average molecular weight is 382 g/mol. The molecule has 2 saturated heterocycles. The molecular formula is C16H30O10. The molecule has 0 radical (unpaired) electrons. The van der Waals surface area contributed by atoms with Crippen molar-refractivity contribution in [2.75, 3.05) is 6.61 Å². The van der Waals surface area contributed by atoms with Gasteiger partial charge in [-0.25, -0.2) is 0 Å². The summed E-state index contributed by atoms with van der Waals surface area (Å²) in [6, 6.07) is 0. The number of rotatable bonds is 4. The molecule has 0 amide bonds. The quantitative estimate of drug-likeness (QED) is 0.306. The molecule has 0 spiro atoms. The van der Waals surface area contributed by atoms with Crippen LogP contribution >= 0.6 is 0 Å². The average Bonchev–Trinajstić information content (AvgIpc) is 2.55. The van der Waals surface area contributed by atoms with Crippen LogP contribution in [0, 0.1) is 0 Å². The predicted molar refractivity (Wildman–Crippen MR) is 85.8 cm³/mol. The lowest BCUT2D eigenvalue weighted by atomic mass is 9.98. The molecule has 154 valence electrons. The van der Waals surface area contributed by atoms with Crippen LogP contribution in [-0.4, -0.2) is 104 Å². The Balaban J connectivity index is 1.99. The molecule has 2 rings (SSSR count). The molecule has 2 heterocycles. The van der Waals surface area contributed by atoms with Gasteiger partial charge in [0.25, 0.3) is 0 Å². The first kappa shape index (κ1) is 21.9. The summed E-state index contributed by atoms with van der Waals surface area (Å²) in [4.78, 5) is 0. The first-order valence-corrected chi connectivity index (χ1v) is 8.61. The van der Waals surface area contributed by atoms with Crippen molar-refractivity contribution in [1.29, 1.82) is 0 Å². The Morgan fingerprint density at radius 1 is 0.731 bits per heavy atom. The third-order valence-corrected chi connectivity index (χ3v) is 4.37. The van der Waals surface area contributed by atoms with Crippen molar-refractivity contribution in [3.63, 3.8) is 0 Å². The van der Waals surface area contributed by atoms with E-state index in [4.69, 9.17) is 18.9 Å². The van der Waals surface area contributed by atoms with Crippen molar-refractivity contribution < 1.29 is 49.6 Å². The maximum Gasteiger partial charge on any atom is 0.187 e. The molecule has 0 bridgehead atoms. The van der Waals surface area contributed by atoms with Crippen molar-refractivity contribution >= 4 is 0 Å². The molecule has 26 heavy (non-hydrogen) atoms. The van der Waals surface area contributed by atoms with Crippen LogP contribution in [0.1, 0.15) is 27.7 Å². The van der Waals surface area contributed by atoms with E-state index in [1.807, 2.05) is 0 Å². The van der Waals surface area contributed by atoms with E-state index < -0.39 is 67.0 Å². The van der Waals surface area contributed by atoms with Crippen molar-refractivity contribution in [2.45, 2.75) is 94.7 Å². The molecule has 0 aromatic carbocycles. The molecule has 4 unspecified atom stereocenters. The van der Waals surface area contributed by atoms with Gasteiger partial charge in [0.05, 0.1) is 18.3 Å². The lowest BCUT2D eigenvalue weighted by Crippen LogP contribution is -2.61. The second-order valence-corrected chi connectivity index (χ2v) is 7.76. The first-order valence-electron chi connectivity index (χ1n) is 8.61. The Kier molecular flexibility index (Phi) is 7.00. The molecule has 10 heteroatoms. The zero-order chi connectivity index (χ0) is 19.8. The van der Waals surface area contributed by atoms with Gasteiger partial charge in [0.15, 0.2) is 12.6 Å². The Bertz CT molecular complexity index is 455. The Labute approximate surface area is 151 Å². The van der Waals surface area contributed by atoms with Gasteiger partial charge in [0, 0.05) is 0 Å². The zero-order valence-corrected chi connectivity index (χ0v) is 15.3. The standard InChI is InChI=1S/C16H30O10/c1-6-8(17)10(19)12(21)14(24-6)23-5-7-9(18)11(20)13(22)15(25-7)26-16(2,3)4/h6-15,17-22H,5H2,1-4H3/t6-,7?,8-,9+,10?,11-,12?,13?,14+,15-/m0/s1. The van der Waals surface area contributed by atoms with Crippen molar-refractivity contribution in [3.8, 4) is 0 Å². The van der Waals surface area contributed by atoms with E-state index in [9.17, 15) is 30.6 Å². The number of aliphatic hydroxyl groups is 6. The molecule has 0 aromatic heterocycles. The van der Waals surface area contributed by atoms with Crippen LogP contribution in [0.5, 0.6) is 0 Å². The largest absolute Gasteiger partial charge is 0.388 e. The van der Waals surface area contributed by atoms with Crippen molar-refractivity contribution in [1.82, 2.24) is 0 Å². The van der Waals surface area contributed by atoms with Gasteiger partial charge in [-0.15, -0.1) is 0 Å². The number of hydrogen-bond donors (Lipinski definition) is 6. The predicted octanol–water partition coefficient (Wildman–Crippen LogP) is -2.55. The highest BCUT2D eigenvalue weighted by atomic mass is 16.7. The summed E-state index contributed by atoms with van der Waals surface area (Å²) in [6.07, 6.45) is -12.9. The third-order valence-electron chi connectivity index (χ3n) is 4.37. The Morgan fingerprint density at radius 3 is 1.85 bits per heavy atom. The second-order valence-electron chi connectivity index (χ2n) is 7.76. The first-order chi connectivity index (χ1) is 11.9. The summed E-state index contributed by atoms with van der Waals surface area (Å²) in [7, 11) is 0. The summed E-state index contributed by atoms with van der Waals surface area (Å²) < 4.78 is 21.7. The normalized spacial score (nSPS) is 47.8. The van der Waals surface area contributed by atoms with E-state index in [1.54, 1.807) is 20.8 Å². The number of aliphatic hydroxyl groups excluding tert-OH is 6. The topological polar surface area (TPSA) is 158 Å². The van der Waals surface area contributed by atoms with Crippen LogP contribution in [-0.2, 0) is 18.9 Å². The highest BCUT2D eigenvalue weighted by Gasteiger charge is 2.47. The van der Waals surface area contributed by atoms with Crippen LogP contribution in [0.15, 0.2) is 0 Å². The molecule has 0 aliphatic carbocycles. The molecule has 10 nitrogen and oxygen atoms in total. The van der Waals surface area contributed by atoms with Crippen molar-refractivity contribution in [3.05, 3.63) is 0 Å². The van der Waals surface area contributed by atoms with Gasteiger partial charge in [-0.1, -0.05) is 0 Å². The minimum absolute atomic E-state index is 0.313. The Morgan fingerprint density at radius 2 is 1.27 bits per heavy atom. The van der Waals surface area contributed by atoms with Crippen LogP contribution in [0.4, 0.5) is 0 Å². The van der Waals surface area contributed by atoms with E-state index >= 15 is 0 Å². The number of ether oxygens (including phenoxy) is 4. The molecule has 6 N–H and O–H groups in total. The van der Waals surface area contributed by atoms with Crippen LogP contribution < -0.4 is 0 Å². The monoisotopic (exact) mass is 382 g/mol. The van der Waals surface area contributed by atoms with Crippen LogP contribution in [0.25, 0.3) is 0 Å². The molecule has 0 saturated carbocycles. The summed E-state index contributed by atoms with van der Waals surface area (Å²) in [5.74, 6) is 0. The van der Waals surface area contributed by atoms with E-state index in [-0.39, 0.29) is 6.61 Å². The van der Waals surface area contributed by atoms with E-state index in [1.165, 1.54) is 6.92 Å². The lowest BCUT2D eigenvalue weighted by molar-refractivity contribution is -0.338. The summed E-state index contributed by atoms with van der Waals surface area (Å²) >= 11 is 0. The molecule has 2 aliphatic heterocycles.